The smallest absolute Gasteiger partial charge is 0.124 e. The van der Waals surface area contributed by atoms with Crippen molar-refractivity contribution in [2.75, 3.05) is 6.54 Å². The molecular weight excluding hydrogens is 350 g/mol. The fraction of sp³-hybridized carbons (Fsp3) is 0.650. The molecule has 3 heteroatoms. The Kier molecular flexibility index (Phi) is 3.46. The molecule has 23 heavy (non-hydrogen) atoms. The van der Waals surface area contributed by atoms with Crippen LogP contribution in [0.5, 0.6) is 5.75 Å². The van der Waals surface area contributed by atoms with Gasteiger partial charge in [-0.05, 0) is 78.9 Å². The van der Waals surface area contributed by atoms with Crippen LogP contribution in [0.2, 0.25) is 0 Å². The SMILES string of the molecule is C[C@]12CC3CC(CN=Cc4cc(Br)ccc4O)(C1)C[C@@](C)(C3)C2. The van der Waals surface area contributed by atoms with E-state index in [4.69, 9.17) is 4.99 Å². The van der Waals surface area contributed by atoms with Crippen LogP contribution in [0, 0.1) is 22.2 Å². The van der Waals surface area contributed by atoms with Crippen molar-refractivity contribution in [3.8, 4) is 5.75 Å². The summed E-state index contributed by atoms with van der Waals surface area (Å²) >= 11 is 3.46. The zero-order valence-electron chi connectivity index (χ0n) is 14.1. The van der Waals surface area contributed by atoms with E-state index in [0.29, 0.717) is 22.0 Å². The maximum absolute atomic E-state index is 9.97. The number of nitrogens with zero attached hydrogens (tertiary/aromatic N) is 1. The lowest BCUT2D eigenvalue weighted by atomic mass is 9.40. The quantitative estimate of drug-likeness (QED) is 0.688. The lowest BCUT2D eigenvalue weighted by Crippen LogP contribution is -2.55. The first kappa shape index (κ1) is 15.7. The number of halogens is 1. The van der Waals surface area contributed by atoms with Gasteiger partial charge in [-0.2, -0.15) is 0 Å². The van der Waals surface area contributed by atoms with Gasteiger partial charge in [-0.15, -0.1) is 0 Å². The van der Waals surface area contributed by atoms with Gasteiger partial charge in [-0.3, -0.25) is 4.99 Å². The van der Waals surface area contributed by atoms with E-state index in [1.807, 2.05) is 18.3 Å². The molecule has 4 aliphatic carbocycles. The monoisotopic (exact) mass is 375 g/mol. The highest BCUT2D eigenvalue weighted by atomic mass is 79.9. The predicted octanol–water partition coefficient (Wildman–Crippen LogP) is 5.57. The van der Waals surface area contributed by atoms with Crippen LogP contribution in [-0.2, 0) is 0 Å². The Morgan fingerprint density at radius 2 is 1.87 bits per heavy atom. The third-order valence-electron chi connectivity index (χ3n) is 6.39. The highest BCUT2D eigenvalue weighted by Gasteiger charge is 2.59. The number of phenolic OH excluding ortho intramolecular Hbond substituents is 1. The van der Waals surface area contributed by atoms with Gasteiger partial charge < -0.3 is 5.11 Å². The van der Waals surface area contributed by atoms with Crippen LogP contribution in [-0.4, -0.2) is 17.9 Å². The minimum Gasteiger partial charge on any atom is -0.507 e. The largest absolute Gasteiger partial charge is 0.507 e. The Morgan fingerprint density at radius 3 is 2.52 bits per heavy atom. The molecule has 124 valence electrons. The van der Waals surface area contributed by atoms with Crippen molar-refractivity contribution in [2.24, 2.45) is 27.2 Å². The molecule has 1 aromatic carbocycles. The van der Waals surface area contributed by atoms with Crippen LogP contribution in [0.15, 0.2) is 27.7 Å². The van der Waals surface area contributed by atoms with E-state index in [-0.39, 0.29) is 0 Å². The minimum absolute atomic E-state index is 0.307. The standard InChI is InChI=1S/C20H26BrNO/c1-18-6-14-7-19(2,10-18)12-20(8-14,11-18)13-22-9-15-5-16(21)3-4-17(15)23/h3-5,9,14,23H,6-8,10-13H2,1-2H3/t14?,18-,19+,20?. The molecule has 1 aromatic rings. The van der Waals surface area contributed by atoms with E-state index < -0.39 is 0 Å². The zero-order valence-corrected chi connectivity index (χ0v) is 15.7. The summed E-state index contributed by atoms with van der Waals surface area (Å²) in [4.78, 5) is 4.79. The number of hydrogen-bond donors (Lipinski definition) is 1. The summed E-state index contributed by atoms with van der Waals surface area (Å²) in [5.41, 5.74) is 2.30. The van der Waals surface area contributed by atoms with E-state index in [1.54, 1.807) is 6.07 Å². The van der Waals surface area contributed by atoms with Crippen LogP contribution >= 0.6 is 15.9 Å². The second kappa shape index (κ2) is 5.08. The van der Waals surface area contributed by atoms with Gasteiger partial charge in [0.1, 0.15) is 5.75 Å². The normalized spacial score (nSPS) is 41.8. The second-order valence-electron chi connectivity index (χ2n) is 9.30. The van der Waals surface area contributed by atoms with Gasteiger partial charge in [0.25, 0.3) is 0 Å². The fourth-order valence-corrected chi connectivity index (χ4v) is 7.21. The lowest BCUT2D eigenvalue weighted by molar-refractivity contribution is -0.140. The predicted molar refractivity (Wildman–Crippen MR) is 98.1 cm³/mol. The topological polar surface area (TPSA) is 32.6 Å². The Balaban J connectivity index is 1.55. The summed E-state index contributed by atoms with van der Waals surface area (Å²) in [7, 11) is 0. The molecule has 0 saturated heterocycles. The number of phenols is 1. The highest BCUT2D eigenvalue weighted by molar-refractivity contribution is 9.10. The third-order valence-corrected chi connectivity index (χ3v) is 6.88. The number of aliphatic imine (C=N–C) groups is 1. The Bertz CT molecular complexity index is 650. The summed E-state index contributed by atoms with van der Waals surface area (Å²) < 4.78 is 0.978. The molecule has 0 amide bonds. The van der Waals surface area contributed by atoms with Crippen molar-refractivity contribution >= 4 is 22.1 Å². The van der Waals surface area contributed by atoms with E-state index >= 15 is 0 Å². The molecule has 0 aliphatic heterocycles. The van der Waals surface area contributed by atoms with E-state index in [1.165, 1.54) is 38.5 Å². The van der Waals surface area contributed by atoms with Gasteiger partial charge in [-0.1, -0.05) is 29.8 Å². The van der Waals surface area contributed by atoms with Crippen molar-refractivity contribution in [1.29, 1.82) is 0 Å². The van der Waals surface area contributed by atoms with Gasteiger partial charge in [0.05, 0.1) is 0 Å². The lowest BCUT2D eigenvalue weighted by Gasteiger charge is -2.65. The molecule has 0 spiro atoms. The third kappa shape index (κ3) is 2.86. The maximum Gasteiger partial charge on any atom is 0.124 e. The second-order valence-corrected chi connectivity index (χ2v) is 10.2. The molecule has 4 saturated carbocycles. The molecule has 4 atom stereocenters. The van der Waals surface area contributed by atoms with Gasteiger partial charge in [0.15, 0.2) is 0 Å². The molecule has 4 bridgehead atoms. The van der Waals surface area contributed by atoms with Gasteiger partial charge in [0.2, 0.25) is 0 Å². The van der Waals surface area contributed by atoms with E-state index in [0.717, 1.165) is 22.5 Å². The van der Waals surface area contributed by atoms with Crippen LogP contribution in [0.1, 0.15) is 57.9 Å². The van der Waals surface area contributed by atoms with Crippen molar-refractivity contribution in [3.05, 3.63) is 28.2 Å². The van der Waals surface area contributed by atoms with Crippen LogP contribution in [0.3, 0.4) is 0 Å². The van der Waals surface area contributed by atoms with Crippen LogP contribution in [0.25, 0.3) is 0 Å². The van der Waals surface area contributed by atoms with Crippen molar-refractivity contribution in [1.82, 2.24) is 0 Å². The number of rotatable bonds is 3. The van der Waals surface area contributed by atoms with Crippen molar-refractivity contribution in [2.45, 2.75) is 52.4 Å². The molecule has 4 aliphatic rings. The van der Waals surface area contributed by atoms with Crippen LogP contribution < -0.4 is 0 Å². The fourth-order valence-electron chi connectivity index (χ4n) is 6.83. The molecule has 5 rings (SSSR count). The number of aromatic hydroxyl groups is 1. The molecule has 2 unspecified atom stereocenters. The Morgan fingerprint density at radius 1 is 1.17 bits per heavy atom. The zero-order chi connectivity index (χ0) is 16.3. The van der Waals surface area contributed by atoms with Crippen molar-refractivity contribution in [3.63, 3.8) is 0 Å². The first-order valence-corrected chi connectivity index (χ1v) is 9.57. The maximum atomic E-state index is 9.97. The summed E-state index contributed by atoms with van der Waals surface area (Å²) in [5.74, 6) is 1.22. The van der Waals surface area contributed by atoms with Crippen LogP contribution in [0.4, 0.5) is 0 Å². The Hall–Kier alpha value is -0.830. The van der Waals surface area contributed by atoms with Gasteiger partial charge >= 0.3 is 0 Å². The first-order valence-electron chi connectivity index (χ1n) is 8.77. The summed E-state index contributed by atoms with van der Waals surface area (Å²) in [5, 5.41) is 9.97. The summed E-state index contributed by atoms with van der Waals surface area (Å²) in [6.45, 7) is 5.93. The van der Waals surface area contributed by atoms with Crippen molar-refractivity contribution < 1.29 is 5.11 Å². The Labute approximate surface area is 147 Å². The first-order chi connectivity index (χ1) is 10.8. The molecular formula is C20H26BrNO. The molecule has 4 fully saturated rings. The molecule has 0 aromatic heterocycles. The number of benzene rings is 1. The van der Waals surface area contributed by atoms with Gasteiger partial charge in [0, 0.05) is 22.8 Å². The number of hydrogen-bond acceptors (Lipinski definition) is 2. The minimum atomic E-state index is 0.307. The average molecular weight is 376 g/mol. The molecule has 0 heterocycles. The van der Waals surface area contributed by atoms with Gasteiger partial charge in [-0.25, -0.2) is 0 Å². The van der Waals surface area contributed by atoms with E-state index in [9.17, 15) is 5.11 Å². The molecule has 2 nitrogen and oxygen atoms in total. The molecule has 0 radical (unpaired) electrons. The summed E-state index contributed by atoms with van der Waals surface area (Å²) in [6, 6.07) is 5.51. The average Bonchev–Trinajstić information content (AvgIpc) is 2.38. The van der Waals surface area contributed by atoms with E-state index in [2.05, 4.69) is 29.8 Å². The summed E-state index contributed by atoms with van der Waals surface area (Å²) in [6.07, 6.45) is 10.2. The highest BCUT2D eigenvalue weighted by Crippen LogP contribution is 2.69. The molecule has 1 N–H and O–H groups in total.